The van der Waals surface area contributed by atoms with Gasteiger partial charge in [-0.3, -0.25) is 58.2 Å². The summed E-state index contributed by atoms with van der Waals surface area (Å²) in [6.07, 6.45) is 21.7. The molecule has 0 radical (unpaired) electrons. The van der Waals surface area contributed by atoms with E-state index in [1.54, 1.807) is 18.2 Å². The van der Waals surface area contributed by atoms with Crippen LogP contribution in [0.4, 0.5) is 0 Å². The Morgan fingerprint density at radius 1 is 0.263 bits per heavy atom. The predicted octanol–water partition coefficient (Wildman–Crippen LogP) is 19.7. The number of carbonyl (C=O) groups is 6. The Kier molecular flexibility index (Phi) is 59.8. The fraction of sp³-hybridized carbons (Fsp3) is 0.767. The SMILES string of the molecule is CCCN(CC)C(CC)(CC)CNC(=O)c1cc(CC)on1.CCCN(CC)C(CC)(CC)CNC(=O)c1noc(CC)c1C.CCCN(CCC)C(C)(C)CNC(=O)c1cc(CC)on1.CCCN(CCC)C(C)(C)CNC(=O)c1noc(CC)c1C.CCCN(CCC)C(C)(CC)CNC(=O)c1cc(CC)on1.CCCN(CCC)C(C)(CC)CNC(=O)c1noc(CC)c1C. The van der Waals surface area contributed by atoms with Crippen molar-refractivity contribution in [3.63, 3.8) is 0 Å². The summed E-state index contributed by atoms with van der Waals surface area (Å²) in [6, 6.07) is 5.14. The molecule has 0 saturated heterocycles. The van der Waals surface area contributed by atoms with E-state index in [0.29, 0.717) is 73.4 Å². The normalized spacial score (nSPS) is 12.7. The molecule has 0 aromatic carbocycles. The van der Waals surface area contributed by atoms with Gasteiger partial charge in [0.15, 0.2) is 34.2 Å². The van der Waals surface area contributed by atoms with Crippen LogP contribution in [-0.4, -0.2) is 247 Å². The molecule has 6 N–H and O–H groups in total. The van der Waals surface area contributed by atoms with Crippen LogP contribution in [0.25, 0.3) is 0 Å². The van der Waals surface area contributed by atoms with Gasteiger partial charge in [0.1, 0.15) is 34.6 Å². The molecule has 6 aromatic rings. The molecule has 0 aliphatic heterocycles. The van der Waals surface area contributed by atoms with Crippen molar-refractivity contribution < 1.29 is 55.9 Å². The van der Waals surface area contributed by atoms with Crippen LogP contribution in [-0.2, 0) is 38.5 Å². The van der Waals surface area contributed by atoms with E-state index in [0.717, 1.165) is 271 Å². The predicted molar refractivity (Wildman–Crippen MR) is 539 cm³/mol. The number of aromatic nitrogens is 6. The standard InChI is InChI=1S/2C18H33N3O2.3C17H31N3O2.C16H29N3O2/c1-7-11-21(12-8-2)18(6,10-4)13-19-17(22)16-14(5)15(9-3)23-20-16;1-7-12-21(11-5)18(9-3,10-4)13-19-17(22)16-14(6)15(8-2)23-20-16;1-7-10-20(11-8-2)17(5,6)12-18-16(21)15-13(4)14(9-3)22-19-15;1-6-10-20(11-7-2)17(5,9-4)13-18-16(21)15-12-14(8-3)22-19-15;1-6-11-20(10-5)17(8-3,9-4)13-18-16(21)15-12-14(7-2)22-19-15;1-6-9-19(10-7-2)16(4,5)12-17-15(20)14-11-13(8-3)21-18-14/h2*7-13H2,1-6H3,(H,19,22);7-12H2,1-6H3,(H,18,21);2*12H,6-11,13H2,1-5H3,(H,18,21);11H,6-10,12H2,1-5H3,(H,17,20). The minimum absolute atomic E-state index is 0.00560. The molecule has 2 atom stereocenters. The van der Waals surface area contributed by atoms with Crippen molar-refractivity contribution in [3.8, 4) is 0 Å². The zero-order valence-electron chi connectivity index (χ0n) is 89.8. The fourth-order valence-electron chi connectivity index (χ4n) is 16.8. The van der Waals surface area contributed by atoms with Gasteiger partial charge >= 0.3 is 0 Å². The van der Waals surface area contributed by atoms with Crippen molar-refractivity contribution >= 4 is 35.4 Å². The fourth-order valence-corrected chi connectivity index (χ4v) is 16.8. The number of hydrogen-bond donors (Lipinski definition) is 6. The molecule has 6 heterocycles. The number of rotatable bonds is 58. The van der Waals surface area contributed by atoms with Crippen molar-refractivity contribution in [2.75, 3.05) is 118 Å². The lowest BCUT2D eigenvalue weighted by Gasteiger charge is -2.43. The van der Waals surface area contributed by atoms with Gasteiger partial charge in [-0.25, -0.2) is 0 Å². The molecular formula is C103H188N18O12. The molecule has 133 heavy (non-hydrogen) atoms. The van der Waals surface area contributed by atoms with Crippen LogP contribution in [0.5, 0.6) is 0 Å². The second kappa shape index (κ2) is 64.8. The Morgan fingerprint density at radius 3 is 0.692 bits per heavy atom. The van der Waals surface area contributed by atoms with Gasteiger partial charge in [0, 0.05) is 146 Å². The van der Waals surface area contributed by atoms with E-state index in [9.17, 15) is 28.8 Å². The first kappa shape index (κ1) is 123. The molecule has 6 rings (SSSR count). The lowest BCUT2D eigenvalue weighted by molar-refractivity contribution is 0.0715. The Balaban J connectivity index is 0.000000798. The zero-order chi connectivity index (χ0) is 101. The smallest absolute Gasteiger partial charge is 0.273 e. The maximum Gasteiger partial charge on any atom is 0.273 e. The van der Waals surface area contributed by atoms with Gasteiger partial charge in [0.2, 0.25) is 0 Å². The Bertz CT molecular complexity index is 4130. The van der Waals surface area contributed by atoms with Crippen molar-refractivity contribution in [3.05, 3.63) is 104 Å². The first-order valence-corrected chi connectivity index (χ1v) is 51.2. The summed E-state index contributed by atoms with van der Waals surface area (Å²) >= 11 is 0. The molecule has 2 unspecified atom stereocenters. The molecule has 6 aromatic heterocycles. The van der Waals surface area contributed by atoms with E-state index in [1.165, 1.54) is 0 Å². The number of amides is 6. The highest BCUT2D eigenvalue weighted by Gasteiger charge is 2.38. The number of aryl methyl sites for hydroxylation is 6. The number of likely N-dealkylation sites (N-methyl/N-ethyl adjacent to an activating group) is 2. The lowest BCUT2D eigenvalue weighted by Crippen LogP contribution is -2.55. The number of hydrogen-bond acceptors (Lipinski definition) is 24. The van der Waals surface area contributed by atoms with Gasteiger partial charge in [0.05, 0.1) is 0 Å². The van der Waals surface area contributed by atoms with Gasteiger partial charge in [-0.15, -0.1) is 0 Å². The van der Waals surface area contributed by atoms with Gasteiger partial charge in [0.25, 0.3) is 35.4 Å². The zero-order valence-corrected chi connectivity index (χ0v) is 89.8. The first-order chi connectivity index (χ1) is 63.3. The summed E-state index contributed by atoms with van der Waals surface area (Å²) in [4.78, 5) is 88.6. The number of nitrogens with one attached hydrogen (secondary N) is 6. The number of nitrogens with zero attached hydrogens (tertiary/aromatic N) is 12. The summed E-state index contributed by atoms with van der Waals surface area (Å²) in [5.74, 6) is 3.66. The topological polar surface area (TPSA) is 350 Å². The van der Waals surface area contributed by atoms with E-state index in [4.69, 9.17) is 27.1 Å². The average molecular weight is 1870 g/mol. The maximum atomic E-state index is 12.5. The van der Waals surface area contributed by atoms with E-state index in [1.807, 2.05) is 62.3 Å². The van der Waals surface area contributed by atoms with E-state index < -0.39 is 0 Å². The van der Waals surface area contributed by atoms with Crippen molar-refractivity contribution in [1.82, 2.24) is 92.2 Å². The highest BCUT2D eigenvalue weighted by Crippen LogP contribution is 2.29. The first-order valence-electron chi connectivity index (χ1n) is 51.2. The highest BCUT2D eigenvalue weighted by molar-refractivity contribution is 5.95. The largest absolute Gasteiger partial charge is 0.361 e. The molecule has 30 nitrogen and oxygen atoms in total. The second-order valence-electron chi connectivity index (χ2n) is 36.8. The third-order valence-electron chi connectivity index (χ3n) is 26.3. The third kappa shape index (κ3) is 38.7. The molecule has 0 spiro atoms. The van der Waals surface area contributed by atoms with E-state index in [-0.39, 0.29) is 68.7 Å². The molecule has 6 amide bonds. The van der Waals surface area contributed by atoms with Crippen molar-refractivity contribution in [1.29, 1.82) is 0 Å². The van der Waals surface area contributed by atoms with Gasteiger partial charge in [-0.1, -0.05) is 197 Å². The summed E-state index contributed by atoms with van der Waals surface area (Å²) in [5, 5.41) is 41.5. The van der Waals surface area contributed by atoms with Crippen molar-refractivity contribution in [2.45, 2.75) is 403 Å². The lowest BCUT2D eigenvalue weighted by atomic mass is 9.89. The van der Waals surface area contributed by atoms with Crippen molar-refractivity contribution in [2.24, 2.45) is 0 Å². The van der Waals surface area contributed by atoms with Crippen LogP contribution in [0.3, 0.4) is 0 Å². The summed E-state index contributed by atoms with van der Waals surface area (Å²) in [5.41, 5.74) is 4.69. The molecule has 0 bridgehead atoms. The minimum atomic E-state index is -0.167. The summed E-state index contributed by atoms with van der Waals surface area (Å²) < 4.78 is 30.9. The molecule has 30 heteroatoms. The third-order valence-corrected chi connectivity index (χ3v) is 26.3. The Morgan fingerprint density at radius 2 is 0.481 bits per heavy atom. The Labute approximate surface area is 803 Å². The molecule has 0 aliphatic carbocycles. The molecule has 0 saturated carbocycles. The van der Waals surface area contributed by atoms with Crippen LogP contribution in [0, 0.1) is 20.8 Å². The molecule has 0 fully saturated rings. The van der Waals surface area contributed by atoms with Gasteiger partial charge in [-0.05, 0) is 244 Å². The maximum absolute atomic E-state index is 12.5. The van der Waals surface area contributed by atoms with Crippen LogP contribution < -0.4 is 31.9 Å². The quantitative estimate of drug-likeness (QED) is 0.0206. The second-order valence-corrected chi connectivity index (χ2v) is 36.8. The van der Waals surface area contributed by atoms with Crippen LogP contribution in [0.1, 0.15) is 425 Å². The minimum Gasteiger partial charge on any atom is -0.361 e. The molecule has 0 aliphatic rings. The van der Waals surface area contributed by atoms with Gasteiger partial charge in [-0.2, -0.15) is 0 Å². The average Bonchev–Trinajstić information content (AvgIpc) is 1.82. The van der Waals surface area contributed by atoms with Crippen LogP contribution in [0.15, 0.2) is 45.3 Å². The van der Waals surface area contributed by atoms with Gasteiger partial charge < -0.3 is 59.0 Å². The summed E-state index contributed by atoms with van der Waals surface area (Å²) in [6.45, 7) is 86.3. The van der Waals surface area contributed by atoms with Crippen LogP contribution >= 0.6 is 0 Å². The Hall–Kier alpha value is -8.16. The molecular weight excluding hydrogens is 1680 g/mol. The highest BCUT2D eigenvalue weighted by atomic mass is 16.5. The van der Waals surface area contributed by atoms with Crippen LogP contribution in [0.2, 0.25) is 0 Å². The van der Waals surface area contributed by atoms with E-state index >= 15 is 0 Å². The molecule has 762 valence electrons. The number of carbonyl (C=O) groups excluding carboxylic acids is 6. The monoisotopic (exact) mass is 1870 g/mol. The van der Waals surface area contributed by atoms with E-state index in [2.05, 4.69) is 258 Å². The summed E-state index contributed by atoms with van der Waals surface area (Å²) in [7, 11) is 0.